The summed E-state index contributed by atoms with van der Waals surface area (Å²) >= 11 is 5.61. The molecule has 0 heterocycles. The molecule has 3 heteroatoms. The molecular formula is C15H13BClF. The van der Waals surface area contributed by atoms with Gasteiger partial charge >= 0.3 is 0 Å². The van der Waals surface area contributed by atoms with Crippen molar-refractivity contribution < 1.29 is 4.39 Å². The van der Waals surface area contributed by atoms with Crippen LogP contribution in [0.2, 0.25) is 6.32 Å². The summed E-state index contributed by atoms with van der Waals surface area (Å²) in [7, 11) is 0. The van der Waals surface area contributed by atoms with E-state index in [0.717, 1.165) is 11.8 Å². The second kappa shape index (κ2) is 6.41. The van der Waals surface area contributed by atoms with E-state index in [1.54, 1.807) is 0 Å². The third kappa shape index (κ3) is 3.24. The van der Waals surface area contributed by atoms with E-state index in [9.17, 15) is 4.39 Å². The first kappa shape index (κ1) is 12.9. The van der Waals surface area contributed by atoms with Gasteiger partial charge in [0.05, 0.1) is 0 Å². The van der Waals surface area contributed by atoms with E-state index in [0.29, 0.717) is 0 Å². The molecule has 0 aromatic heterocycles. The topological polar surface area (TPSA) is 0 Å². The normalized spacial score (nSPS) is 10.8. The molecule has 2 aromatic carbocycles. The Balaban J connectivity index is 2.33. The molecule has 0 N–H and O–H groups in total. The smallest absolute Gasteiger partial charge is 0.207 e. The molecule has 0 aliphatic carbocycles. The van der Waals surface area contributed by atoms with Crippen LogP contribution in [0.25, 0.3) is 0 Å². The van der Waals surface area contributed by atoms with Crippen LogP contribution in [-0.2, 0) is 0 Å². The van der Waals surface area contributed by atoms with E-state index in [2.05, 4.69) is 12.1 Å². The zero-order chi connectivity index (χ0) is 12.8. The number of hydrogen-bond acceptors (Lipinski definition) is 0. The molecular weight excluding hydrogens is 245 g/mol. The van der Waals surface area contributed by atoms with Crippen LogP contribution in [0.1, 0.15) is 0 Å². The molecule has 0 fully saturated rings. The predicted molar refractivity (Wildman–Crippen MR) is 77.7 cm³/mol. The van der Waals surface area contributed by atoms with Gasteiger partial charge in [-0.05, 0) is 24.0 Å². The molecule has 0 atom stereocenters. The van der Waals surface area contributed by atoms with Crippen molar-refractivity contribution in [2.45, 2.75) is 6.32 Å². The lowest BCUT2D eigenvalue weighted by atomic mass is 9.39. The lowest BCUT2D eigenvalue weighted by Gasteiger charge is -2.12. The quantitative estimate of drug-likeness (QED) is 0.739. The molecule has 2 aromatic rings. The molecule has 18 heavy (non-hydrogen) atoms. The number of halogens is 2. The van der Waals surface area contributed by atoms with E-state index < -0.39 is 0 Å². The van der Waals surface area contributed by atoms with Gasteiger partial charge < -0.3 is 0 Å². The highest BCUT2D eigenvalue weighted by molar-refractivity contribution is 6.85. The van der Waals surface area contributed by atoms with Gasteiger partial charge in [-0.15, -0.1) is 0 Å². The second-order valence-electron chi connectivity index (χ2n) is 4.11. The van der Waals surface area contributed by atoms with Gasteiger partial charge in [-0.25, -0.2) is 4.39 Å². The molecule has 0 unspecified atom stereocenters. The highest BCUT2D eigenvalue weighted by Crippen LogP contribution is 2.01. The molecule has 0 aliphatic heterocycles. The third-order valence-electron chi connectivity index (χ3n) is 2.94. The molecule has 2 rings (SSSR count). The zero-order valence-electron chi connectivity index (χ0n) is 9.89. The van der Waals surface area contributed by atoms with Crippen LogP contribution in [0, 0.1) is 5.82 Å². The Kier molecular flexibility index (Phi) is 4.60. The fourth-order valence-corrected chi connectivity index (χ4v) is 2.14. The second-order valence-corrected chi connectivity index (χ2v) is 4.36. The van der Waals surface area contributed by atoms with E-state index in [1.807, 2.05) is 36.4 Å². The Morgan fingerprint density at radius 1 is 0.944 bits per heavy atom. The maximum Gasteiger partial charge on any atom is 0.213 e. The summed E-state index contributed by atoms with van der Waals surface area (Å²) in [6, 6.07) is 16.8. The molecule has 90 valence electrons. The van der Waals surface area contributed by atoms with Crippen molar-refractivity contribution in [3.05, 3.63) is 72.0 Å². The summed E-state index contributed by atoms with van der Waals surface area (Å²) in [4.78, 5) is 0. The van der Waals surface area contributed by atoms with Crippen LogP contribution in [0.5, 0.6) is 0 Å². The van der Waals surface area contributed by atoms with Crippen molar-refractivity contribution in [2.75, 3.05) is 0 Å². The van der Waals surface area contributed by atoms with E-state index in [1.165, 1.54) is 23.1 Å². The molecule has 0 nitrogen and oxygen atoms in total. The van der Waals surface area contributed by atoms with Crippen molar-refractivity contribution in [1.82, 2.24) is 0 Å². The zero-order valence-corrected chi connectivity index (χ0v) is 10.6. The summed E-state index contributed by atoms with van der Waals surface area (Å²) in [6.45, 7) is 0.210. The lowest BCUT2D eigenvalue weighted by Crippen LogP contribution is -2.41. The van der Waals surface area contributed by atoms with Crippen molar-refractivity contribution >= 4 is 29.2 Å². The SMILES string of the molecule is Fc1ccc(B(CC=CCl)c2ccccc2)cc1. The van der Waals surface area contributed by atoms with Crippen LogP contribution in [-0.4, -0.2) is 6.71 Å². The van der Waals surface area contributed by atoms with Gasteiger partial charge in [-0.1, -0.05) is 71.1 Å². The molecule has 0 saturated heterocycles. The Hall–Kier alpha value is -1.54. The van der Waals surface area contributed by atoms with Gasteiger partial charge in [0.25, 0.3) is 0 Å². The number of benzene rings is 2. The van der Waals surface area contributed by atoms with Crippen LogP contribution >= 0.6 is 11.6 Å². The summed E-state index contributed by atoms with van der Waals surface area (Å²) in [5.74, 6) is -0.210. The van der Waals surface area contributed by atoms with Gasteiger partial charge in [0.15, 0.2) is 0 Å². The van der Waals surface area contributed by atoms with Crippen molar-refractivity contribution in [2.24, 2.45) is 0 Å². The maximum atomic E-state index is 13.0. The van der Waals surface area contributed by atoms with Crippen LogP contribution < -0.4 is 10.9 Å². The number of rotatable bonds is 4. The van der Waals surface area contributed by atoms with Crippen molar-refractivity contribution in [3.8, 4) is 0 Å². The monoisotopic (exact) mass is 258 g/mol. The summed E-state index contributed by atoms with van der Waals surface area (Å²) < 4.78 is 13.0. The largest absolute Gasteiger partial charge is 0.213 e. The third-order valence-corrected chi connectivity index (χ3v) is 3.11. The Morgan fingerprint density at radius 2 is 1.56 bits per heavy atom. The van der Waals surface area contributed by atoms with Gasteiger partial charge in [-0.3, -0.25) is 0 Å². The van der Waals surface area contributed by atoms with Crippen LogP contribution in [0.15, 0.2) is 66.2 Å². The van der Waals surface area contributed by atoms with Crippen LogP contribution in [0.4, 0.5) is 4.39 Å². The summed E-state index contributed by atoms with van der Waals surface area (Å²) in [5.41, 5.74) is 3.83. The number of allylic oxidation sites excluding steroid dienone is 1. The average molecular weight is 259 g/mol. The average Bonchev–Trinajstić information content (AvgIpc) is 2.42. The Bertz CT molecular complexity index is 508. The highest BCUT2D eigenvalue weighted by Gasteiger charge is 2.17. The first-order valence-electron chi connectivity index (χ1n) is 5.87. The van der Waals surface area contributed by atoms with E-state index in [-0.39, 0.29) is 12.5 Å². The molecule has 0 aliphatic rings. The van der Waals surface area contributed by atoms with Gasteiger partial charge in [-0.2, -0.15) is 0 Å². The highest BCUT2D eigenvalue weighted by atomic mass is 35.5. The first-order chi connectivity index (χ1) is 8.81. The van der Waals surface area contributed by atoms with Crippen LogP contribution in [0.3, 0.4) is 0 Å². The minimum absolute atomic E-state index is 0.210. The Labute approximate surface area is 112 Å². The van der Waals surface area contributed by atoms with Crippen molar-refractivity contribution in [1.29, 1.82) is 0 Å². The molecule has 0 radical (unpaired) electrons. The first-order valence-corrected chi connectivity index (χ1v) is 6.30. The van der Waals surface area contributed by atoms with Gasteiger partial charge in [0.1, 0.15) is 5.82 Å². The fraction of sp³-hybridized carbons (Fsp3) is 0.0667. The van der Waals surface area contributed by atoms with E-state index in [4.69, 9.17) is 11.6 Å². The molecule has 0 saturated carbocycles. The Morgan fingerprint density at radius 3 is 2.17 bits per heavy atom. The van der Waals surface area contributed by atoms with Gasteiger partial charge in [0.2, 0.25) is 6.71 Å². The predicted octanol–water partition coefficient (Wildman–Crippen LogP) is 3.19. The van der Waals surface area contributed by atoms with Crippen molar-refractivity contribution in [3.63, 3.8) is 0 Å². The number of hydrogen-bond donors (Lipinski definition) is 0. The van der Waals surface area contributed by atoms with Gasteiger partial charge in [0, 0.05) is 0 Å². The standard InChI is InChI=1S/C15H13BClF/c17-12-4-11-16(13-5-2-1-3-6-13)14-7-9-15(18)10-8-14/h1-10,12H,11H2. The maximum absolute atomic E-state index is 13.0. The molecule has 0 spiro atoms. The minimum Gasteiger partial charge on any atom is -0.207 e. The fourth-order valence-electron chi connectivity index (χ4n) is 2.03. The summed E-state index contributed by atoms with van der Waals surface area (Å²) in [5, 5.41) is 0. The summed E-state index contributed by atoms with van der Waals surface area (Å²) in [6.07, 6.45) is 2.72. The molecule has 0 bridgehead atoms. The molecule has 0 amide bonds. The lowest BCUT2D eigenvalue weighted by molar-refractivity contribution is 0.628. The van der Waals surface area contributed by atoms with E-state index >= 15 is 0 Å². The minimum atomic E-state index is -0.210.